The summed E-state index contributed by atoms with van der Waals surface area (Å²) in [5, 5.41) is 0.286. The zero-order valence-corrected chi connectivity index (χ0v) is 50.7. The predicted octanol–water partition coefficient (Wildman–Crippen LogP) is 18.4. The Morgan fingerprint density at radius 2 is 0.654 bits per heavy atom. The summed E-state index contributed by atoms with van der Waals surface area (Å²) in [6.45, 7) is 4.07. The van der Waals surface area contributed by atoms with Crippen LogP contribution in [0.25, 0.3) is 0 Å². The Hall–Kier alpha value is -3.90. The van der Waals surface area contributed by atoms with Gasteiger partial charge >= 0.3 is 7.60 Å². The molecule has 0 bridgehead atoms. The van der Waals surface area contributed by atoms with Gasteiger partial charge in [0.25, 0.3) is 0 Å². The van der Waals surface area contributed by atoms with Gasteiger partial charge in [-0.3, -0.25) is 4.57 Å². The molecule has 0 spiro atoms. The smallest absolute Gasteiger partial charge is 0.325 e. The van der Waals surface area contributed by atoms with Gasteiger partial charge in [-0.15, -0.1) is 0 Å². The van der Waals surface area contributed by atoms with E-state index in [9.17, 15) is 4.57 Å². The summed E-state index contributed by atoms with van der Waals surface area (Å²) in [5.41, 5.74) is 5.30. The number of benzene rings is 5. The fraction of sp³-hybridized carbons (Fsp3) is 0.543. The lowest BCUT2D eigenvalue weighted by atomic mass is 9.83. The van der Waals surface area contributed by atoms with E-state index in [2.05, 4.69) is 140 Å². The Balaban J connectivity index is 1.21. The molecular formula is C70H99O9PS. The van der Waals surface area contributed by atoms with Crippen LogP contribution in [0.3, 0.4) is 0 Å². The predicted molar refractivity (Wildman–Crippen MR) is 334 cm³/mol. The van der Waals surface area contributed by atoms with E-state index in [0.29, 0.717) is 39.5 Å². The van der Waals surface area contributed by atoms with Gasteiger partial charge in [-0.1, -0.05) is 280 Å². The van der Waals surface area contributed by atoms with E-state index < -0.39 is 44.2 Å². The molecule has 11 heteroatoms. The van der Waals surface area contributed by atoms with E-state index in [1.54, 1.807) is 12.0 Å². The van der Waals surface area contributed by atoms with Crippen molar-refractivity contribution in [1.82, 2.24) is 0 Å². The van der Waals surface area contributed by atoms with Crippen molar-refractivity contribution in [2.45, 2.75) is 236 Å². The summed E-state index contributed by atoms with van der Waals surface area (Å²) in [6, 6.07) is 51.8. The molecule has 5 aromatic carbocycles. The summed E-state index contributed by atoms with van der Waals surface area (Å²) >= 11 is 1.64. The van der Waals surface area contributed by atoms with Crippen molar-refractivity contribution in [3.05, 3.63) is 192 Å². The van der Waals surface area contributed by atoms with Crippen LogP contribution >= 0.6 is 19.6 Å². The van der Waals surface area contributed by atoms with E-state index >= 15 is 0 Å². The van der Waals surface area contributed by atoms with E-state index in [1.807, 2.05) is 30.3 Å². The number of unbranched alkanes of at least 4 members (excludes halogenated alkanes) is 19. The van der Waals surface area contributed by atoms with Crippen LogP contribution in [-0.2, 0) is 65.5 Å². The maximum Gasteiger partial charge on any atom is 0.325 e. The monoisotopic (exact) mass is 1150 g/mol. The summed E-state index contributed by atoms with van der Waals surface area (Å²) in [4.78, 5) is 18.2. The van der Waals surface area contributed by atoms with Crippen LogP contribution in [0.15, 0.2) is 164 Å². The zero-order chi connectivity index (χ0) is 56.7. The third-order valence-electron chi connectivity index (χ3n) is 15.4. The fourth-order valence-electron chi connectivity index (χ4n) is 10.8. The Kier molecular flexibility index (Phi) is 33.7. The minimum Gasteiger partial charge on any atom is -0.368 e. The van der Waals surface area contributed by atoms with Gasteiger partial charge in [0.15, 0.2) is 0 Å². The number of hydrogen-bond acceptors (Lipinski definition) is 8. The average molecular weight is 1150 g/mol. The van der Waals surface area contributed by atoms with Gasteiger partial charge in [-0.2, -0.15) is 0 Å². The van der Waals surface area contributed by atoms with Gasteiger partial charge in [-0.25, -0.2) is 0 Å². The lowest BCUT2D eigenvalue weighted by molar-refractivity contribution is -0.277. The van der Waals surface area contributed by atoms with Gasteiger partial charge in [-0.05, 0) is 84.8 Å². The van der Waals surface area contributed by atoms with Gasteiger partial charge in [0.05, 0.1) is 33.0 Å². The number of hydrogen-bond donors (Lipinski definition) is 2. The molecule has 444 valence electrons. The highest BCUT2D eigenvalue weighted by molar-refractivity contribution is 7.95. The third-order valence-corrected chi connectivity index (χ3v) is 17.4. The van der Waals surface area contributed by atoms with E-state index in [-0.39, 0.29) is 11.4 Å². The quantitative estimate of drug-likeness (QED) is 0.0169. The topological polar surface area (TPSA) is 113 Å². The highest BCUT2D eigenvalue weighted by Gasteiger charge is 2.55. The Bertz CT molecular complexity index is 2260. The zero-order valence-electron chi connectivity index (χ0n) is 49.0. The van der Waals surface area contributed by atoms with Crippen molar-refractivity contribution in [2.24, 2.45) is 0 Å². The van der Waals surface area contributed by atoms with Crippen LogP contribution < -0.4 is 0 Å². The molecule has 5 aromatic rings. The highest BCUT2D eigenvalue weighted by atomic mass is 32.2. The normalized spacial score (nSPS) is 18.9. The molecule has 0 saturated heterocycles. The van der Waals surface area contributed by atoms with Gasteiger partial charge in [0.2, 0.25) is 0 Å². The second kappa shape index (κ2) is 41.2. The van der Waals surface area contributed by atoms with E-state index in [1.165, 1.54) is 96.3 Å². The van der Waals surface area contributed by atoms with Crippen LogP contribution in [0.4, 0.5) is 0 Å². The summed E-state index contributed by atoms with van der Waals surface area (Å²) in [5.74, 6) is 0. The fourth-order valence-corrected chi connectivity index (χ4v) is 12.4. The van der Waals surface area contributed by atoms with Crippen LogP contribution in [0.5, 0.6) is 0 Å². The molecule has 1 fully saturated rings. The Morgan fingerprint density at radius 1 is 0.383 bits per heavy atom. The molecule has 0 heterocycles. The molecule has 9 nitrogen and oxygen atoms in total. The maximum atomic E-state index is 11.1. The van der Waals surface area contributed by atoms with E-state index in [0.717, 1.165) is 79.2 Å². The summed E-state index contributed by atoms with van der Waals surface area (Å²) < 4.78 is 54.7. The number of ether oxygens (including phenoxy) is 5. The molecule has 2 N–H and O–H groups in total. The van der Waals surface area contributed by atoms with Gasteiger partial charge < -0.3 is 37.7 Å². The van der Waals surface area contributed by atoms with Crippen molar-refractivity contribution >= 4 is 19.6 Å². The Morgan fingerprint density at radius 3 is 0.963 bits per heavy atom. The lowest BCUT2D eigenvalue weighted by Crippen LogP contribution is -2.67. The SMILES string of the molecule is CCCCCCCCCCCCC(CCCCCC/C=C\CCCCCCCCP(=O)(O)O)SOC1[C@@H](OCc2ccccc2)[C@H](OCc2ccccc2)C(OCc2ccccc2)[C@H](OCc2ccccc2)[C@@H]1OCc1ccccc1. The maximum absolute atomic E-state index is 11.1. The van der Waals surface area contributed by atoms with E-state index in [4.69, 9.17) is 37.7 Å². The molecular weight excluding hydrogens is 1050 g/mol. The summed E-state index contributed by atoms with van der Waals surface area (Å²) in [6.07, 6.45) is 29.2. The molecule has 0 radical (unpaired) electrons. The van der Waals surface area contributed by atoms with Crippen LogP contribution in [-0.4, -0.2) is 57.8 Å². The molecule has 0 aliphatic heterocycles. The van der Waals surface area contributed by atoms with Crippen LogP contribution in [0.2, 0.25) is 0 Å². The molecule has 3 unspecified atom stereocenters. The third kappa shape index (κ3) is 28.0. The standard InChI is InChI=1S/C70H99O9PS/c1-2-3-4-5-6-7-14-17-20-38-51-64(52-39-21-18-15-12-10-8-9-11-13-16-19-22-40-53-80(71,72)73)81-79-70-68(77-57-62-47-34-26-35-48-62)66(75-55-60-43-30-24-31-44-60)65(74-54-59-41-28-23-29-42-59)67(76-56-61-45-32-25-33-46-61)69(70)78-58-63-49-36-27-37-50-63/h8,10,23-37,41-50,64-70H,2-7,9,11-22,38-40,51-58H2,1H3,(H2,71,72,73)/b10-8-/t64?,65?,66-,67+,68-,69-,70?/m0/s1. The highest BCUT2D eigenvalue weighted by Crippen LogP contribution is 2.40. The number of rotatable bonds is 45. The first kappa shape index (κ1) is 66.2. The molecule has 0 aromatic heterocycles. The molecule has 1 aliphatic rings. The van der Waals surface area contributed by atoms with Crippen molar-refractivity contribution in [3.8, 4) is 0 Å². The molecule has 7 atom stereocenters. The minimum absolute atomic E-state index is 0.00851. The largest absolute Gasteiger partial charge is 0.368 e. The first-order valence-electron chi connectivity index (χ1n) is 31.2. The molecule has 0 amide bonds. The minimum atomic E-state index is -3.87. The van der Waals surface area contributed by atoms with Crippen molar-refractivity contribution in [1.29, 1.82) is 0 Å². The van der Waals surface area contributed by atoms with Crippen LogP contribution in [0, 0.1) is 0 Å². The molecule has 1 saturated carbocycles. The van der Waals surface area contributed by atoms with Gasteiger partial charge in [0.1, 0.15) is 36.6 Å². The Labute approximate surface area is 493 Å². The lowest BCUT2D eigenvalue weighted by Gasteiger charge is -2.49. The van der Waals surface area contributed by atoms with Crippen molar-refractivity contribution in [2.75, 3.05) is 6.16 Å². The molecule has 81 heavy (non-hydrogen) atoms. The van der Waals surface area contributed by atoms with Gasteiger partial charge in [0, 0.05) is 11.4 Å². The summed E-state index contributed by atoms with van der Waals surface area (Å²) in [7, 11) is -3.87. The average Bonchev–Trinajstić information content (AvgIpc) is 3.66. The van der Waals surface area contributed by atoms with Crippen LogP contribution in [0.1, 0.15) is 189 Å². The second-order valence-corrected chi connectivity index (χ2v) is 25.1. The number of allylic oxidation sites excluding steroid dienone is 2. The first-order chi connectivity index (χ1) is 39.9. The second-order valence-electron chi connectivity index (χ2n) is 22.3. The molecule has 1 aliphatic carbocycles. The van der Waals surface area contributed by atoms with Crippen molar-refractivity contribution < 1.29 is 42.2 Å². The first-order valence-corrected chi connectivity index (χ1v) is 33.8. The van der Waals surface area contributed by atoms with Crippen molar-refractivity contribution in [3.63, 3.8) is 0 Å². The molecule has 6 rings (SSSR count).